The van der Waals surface area contributed by atoms with Gasteiger partial charge in [-0.1, -0.05) is 6.07 Å². The van der Waals surface area contributed by atoms with Crippen molar-refractivity contribution >= 4 is 39.5 Å². The fraction of sp³-hybridized carbons (Fsp3) is 0.188. The first-order valence-corrected chi connectivity index (χ1v) is 7.92. The van der Waals surface area contributed by atoms with Crippen LogP contribution < -0.4 is 0 Å². The predicted molar refractivity (Wildman–Crippen MR) is 92.7 cm³/mol. The maximum Gasteiger partial charge on any atom is 0.337 e. The van der Waals surface area contributed by atoms with Crippen LogP contribution in [0.25, 0.3) is 22.3 Å². The van der Waals surface area contributed by atoms with Crippen LogP contribution in [-0.4, -0.2) is 27.8 Å². The molecule has 0 saturated carbocycles. The van der Waals surface area contributed by atoms with E-state index in [4.69, 9.17) is 4.74 Å². The predicted octanol–water partition coefficient (Wildman–Crippen LogP) is 3.51. The SMILES string of the molecule is CCn1cc(I)c(-c2ccc3cc(C(=O)OC)ccc3n2)n1. The molecule has 0 saturated heterocycles. The number of methoxy groups -OCH3 is 1. The third kappa shape index (κ3) is 2.70. The van der Waals surface area contributed by atoms with Crippen molar-refractivity contribution in [2.24, 2.45) is 0 Å². The summed E-state index contributed by atoms with van der Waals surface area (Å²) in [6.45, 7) is 2.88. The molecular formula is C16H14IN3O2. The molecule has 0 aliphatic rings. The molecule has 0 bridgehead atoms. The molecule has 0 spiro atoms. The monoisotopic (exact) mass is 407 g/mol. The first-order chi connectivity index (χ1) is 10.6. The molecule has 0 amide bonds. The molecule has 22 heavy (non-hydrogen) atoms. The van der Waals surface area contributed by atoms with Crippen molar-refractivity contribution in [1.29, 1.82) is 0 Å². The minimum absolute atomic E-state index is 0.345. The summed E-state index contributed by atoms with van der Waals surface area (Å²) in [5.41, 5.74) is 3.05. The highest BCUT2D eigenvalue weighted by Gasteiger charge is 2.12. The Bertz CT molecular complexity index is 858. The molecule has 0 aliphatic heterocycles. The van der Waals surface area contributed by atoms with E-state index in [9.17, 15) is 4.79 Å². The summed E-state index contributed by atoms with van der Waals surface area (Å²) in [6, 6.07) is 9.21. The van der Waals surface area contributed by atoms with E-state index in [-0.39, 0.29) is 5.97 Å². The first-order valence-electron chi connectivity index (χ1n) is 6.85. The highest BCUT2D eigenvalue weighted by molar-refractivity contribution is 14.1. The number of rotatable bonds is 3. The fourth-order valence-corrected chi connectivity index (χ4v) is 2.94. The first kappa shape index (κ1) is 15.0. The molecule has 2 heterocycles. The van der Waals surface area contributed by atoms with Crippen LogP contribution in [0.15, 0.2) is 36.5 Å². The van der Waals surface area contributed by atoms with E-state index in [2.05, 4.69) is 39.6 Å². The molecule has 112 valence electrons. The van der Waals surface area contributed by atoms with Gasteiger partial charge in [0.15, 0.2) is 0 Å². The van der Waals surface area contributed by atoms with Gasteiger partial charge in [-0.3, -0.25) is 4.68 Å². The molecule has 0 aliphatic carbocycles. The number of esters is 1. The van der Waals surface area contributed by atoms with Gasteiger partial charge in [0.25, 0.3) is 0 Å². The Morgan fingerprint density at radius 1 is 1.32 bits per heavy atom. The van der Waals surface area contributed by atoms with Gasteiger partial charge in [-0.05, 0) is 53.8 Å². The summed E-state index contributed by atoms with van der Waals surface area (Å²) in [5, 5.41) is 5.44. The van der Waals surface area contributed by atoms with Crippen LogP contribution in [0.4, 0.5) is 0 Å². The zero-order valence-electron chi connectivity index (χ0n) is 12.2. The Morgan fingerprint density at radius 3 is 2.82 bits per heavy atom. The van der Waals surface area contributed by atoms with E-state index >= 15 is 0 Å². The molecule has 0 atom stereocenters. The summed E-state index contributed by atoms with van der Waals surface area (Å²) in [5.74, 6) is -0.345. The van der Waals surface area contributed by atoms with E-state index < -0.39 is 0 Å². The molecule has 3 aromatic rings. The number of carbonyl (C=O) groups excluding carboxylic acids is 1. The average Bonchev–Trinajstić information content (AvgIpc) is 2.94. The molecular weight excluding hydrogens is 393 g/mol. The third-order valence-electron chi connectivity index (χ3n) is 3.39. The quantitative estimate of drug-likeness (QED) is 0.493. The lowest BCUT2D eigenvalue weighted by Crippen LogP contribution is -2.00. The van der Waals surface area contributed by atoms with Gasteiger partial charge in [0, 0.05) is 18.1 Å². The molecule has 5 nitrogen and oxygen atoms in total. The van der Waals surface area contributed by atoms with Crippen molar-refractivity contribution in [3.8, 4) is 11.4 Å². The number of aromatic nitrogens is 3. The molecule has 6 heteroatoms. The van der Waals surface area contributed by atoms with Crippen molar-refractivity contribution in [2.45, 2.75) is 13.5 Å². The largest absolute Gasteiger partial charge is 0.465 e. The summed E-state index contributed by atoms with van der Waals surface area (Å²) in [4.78, 5) is 16.2. The van der Waals surface area contributed by atoms with Crippen molar-refractivity contribution in [2.75, 3.05) is 7.11 Å². The van der Waals surface area contributed by atoms with Gasteiger partial charge in [0.2, 0.25) is 0 Å². The van der Waals surface area contributed by atoms with Crippen molar-refractivity contribution < 1.29 is 9.53 Å². The Morgan fingerprint density at radius 2 is 2.14 bits per heavy atom. The second-order valence-electron chi connectivity index (χ2n) is 4.78. The summed E-state index contributed by atoms with van der Waals surface area (Å²) < 4.78 is 7.70. The number of benzene rings is 1. The molecule has 1 aromatic carbocycles. The van der Waals surface area contributed by atoms with Gasteiger partial charge >= 0.3 is 5.97 Å². The Kier molecular flexibility index (Phi) is 4.10. The van der Waals surface area contributed by atoms with Gasteiger partial charge < -0.3 is 4.74 Å². The summed E-state index contributed by atoms with van der Waals surface area (Å²) in [6.07, 6.45) is 2.00. The standard InChI is InChI=1S/C16H14IN3O2/c1-3-20-9-12(17)15(19-20)14-7-4-10-8-11(16(21)22-2)5-6-13(10)18-14/h4-9H,3H2,1-2H3. The molecule has 0 fully saturated rings. The normalized spacial score (nSPS) is 10.9. The maximum atomic E-state index is 11.6. The molecule has 0 radical (unpaired) electrons. The van der Waals surface area contributed by atoms with Crippen LogP contribution in [0.3, 0.4) is 0 Å². The molecule has 2 aromatic heterocycles. The maximum absolute atomic E-state index is 11.6. The Labute approximate surface area is 141 Å². The number of ether oxygens (including phenoxy) is 1. The minimum Gasteiger partial charge on any atom is -0.465 e. The third-order valence-corrected chi connectivity index (χ3v) is 4.18. The second kappa shape index (κ2) is 6.04. The smallest absolute Gasteiger partial charge is 0.337 e. The van der Waals surface area contributed by atoms with E-state index in [0.29, 0.717) is 5.56 Å². The number of hydrogen-bond acceptors (Lipinski definition) is 4. The lowest BCUT2D eigenvalue weighted by Gasteiger charge is -2.04. The van der Waals surface area contributed by atoms with E-state index in [1.807, 2.05) is 29.1 Å². The topological polar surface area (TPSA) is 57.0 Å². The van der Waals surface area contributed by atoms with Crippen LogP contribution in [0.1, 0.15) is 17.3 Å². The van der Waals surface area contributed by atoms with Gasteiger partial charge in [-0.2, -0.15) is 5.10 Å². The Balaban J connectivity index is 2.06. The zero-order valence-corrected chi connectivity index (χ0v) is 14.4. The van der Waals surface area contributed by atoms with Crippen LogP contribution in [0.5, 0.6) is 0 Å². The molecule has 0 unspecified atom stereocenters. The van der Waals surface area contributed by atoms with Crippen LogP contribution in [-0.2, 0) is 11.3 Å². The second-order valence-corrected chi connectivity index (χ2v) is 5.94. The van der Waals surface area contributed by atoms with Crippen LogP contribution in [0, 0.1) is 3.57 Å². The number of hydrogen-bond donors (Lipinski definition) is 0. The zero-order chi connectivity index (χ0) is 15.7. The average molecular weight is 407 g/mol. The van der Waals surface area contributed by atoms with E-state index in [1.54, 1.807) is 12.1 Å². The van der Waals surface area contributed by atoms with Gasteiger partial charge in [0.1, 0.15) is 5.69 Å². The summed E-state index contributed by atoms with van der Waals surface area (Å²) >= 11 is 2.27. The molecule has 0 N–H and O–H groups in total. The fourth-order valence-electron chi connectivity index (χ4n) is 2.23. The number of pyridine rings is 1. The summed E-state index contributed by atoms with van der Waals surface area (Å²) in [7, 11) is 1.37. The lowest BCUT2D eigenvalue weighted by atomic mass is 10.1. The van der Waals surface area contributed by atoms with Crippen molar-refractivity contribution in [3.63, 3.8) is 0 Å². The van der Waals surface area contributed by atoms with Crippen LogP contribution >= 0.6 is 22.6 Å². The number of fused-ring (bicyclic) bond motifs is 1. The highest BCUT2D eigenvalue weighted by Crippen LogP contribution is 2.24. The number of halogens is 1. The van der Waals surface area contributed by atoms with Gasteiger partial charge in [-0.25, -0.2) is 9.78 Å². The van der Waals surface area contributed by atoms with E-state index in [1.165, 1.54) is 7.11 Å². The lowest BCUT2D eigenvalue weighted by molar-refractivity contribution is 0.0601. The van der Waals surface area contributed by atoms with Crippen molar-refractivity contribution in [3.05, 3.63) is 45.7 Å². The highest BCUT2D eigenvalue weighted by atomic mass is 127. The number of aryl methyl sites for hydroxylation is 1. The van der Waals surface area contributed by atoms with Crippen LogP contribution in [0.2, 0.25) is 0 Å². The molecule has 3 rings (SSSR count). The minimum atomic E-state index is -0.345. The number of carbonyl (C=O) groups is 1. The van der Waals surface area contributed by atoms with E-state index in [0.717, 1.165) is 32.4 Å². The van der Waals surface area contributed by atoms with Gasteiger partial charge in [0.05, 0.1) is 27.5 Å². The van der Waals surface area contributed by atoms with Gasteiger partial charge in [-0.15, -0.1) is 0 Å². The van der Waals surface area contributed by atoms with Crippen molar-refractivity contribution in [1.82, 2.24) is 14.8 Å². The Hall–Kier alpha value is -1.96. The number of nitrogens with zero attached hydrogens (tertiary/aromatic N) is 3.